The molecule has 0 fully saturated rings. The van der Waals surface area contributed by atoms with Gasteiger partial charge in [0.15, 0.2) is 5.75 Å². The SMILES string of the molecule is CCC(=O)Nc1cc(N)c(Oc2ccc(/C=C3\C(=O)Nc4ccccc43)cc2)c(C)c1C. The average molecular weight is 428 g/mol. The van der Waals surface area contributed by atoms with Gasteiger partial charge in [-0.3, -0.25) is 9.59 Å². The largest absolute Gasteiger partial charge is 0.455 e. The number of hydrogen-bond donors (Lipinski definition) is 3. The standard InChI is InChI=1S/C26H25N3O3/c1-4-24(30)28-23-14-21(27)25(16(3)15(23)2)32-18-11-9-17(10-12-18)13-20-19-7-5-6-8-22(19)29-26(20)31/h5-14H,4,27H2,1-3H3,(H,28,30)(H,29,31)/b20-13-. The molecule has 0 aliphatic carbocycles. The molecule has 1 aliphatic heterocycles. The molecule has 0 saturated carbocycles. The van der Waals surface area contributed by atoms with Crippen molar-refractivity contribution < 1.29 is 14.3 Å². The Hall–Kier alpha value is -4.06. The number of amides is 2. The van der Waals surface area contributed by atoms with Gasteiger partial charge in [-0.15, -0.1) is 0 Å². The lowest BCUT2D eigenvalue weighted by Crippen LogP contribution is -2.12. The van der Waals surface area contributed by atoms with Crippen LogP contribution in [0.25, 0.3) is 11.6 Å². The number of hydrogen-bond acceptors (Lipinski definition) is 4. The molecule has 1 aliphatic rings. The number of para-hydroxylation sites is 1. The van der Waals surface area contributed by atoms with E-state index in [9.17, 15) is 9.59 Å². The molecule has 3 aromatic rings. The summed E-state index contributed by atoms with van der Waals surface area (Å²) in [5, 5.41) is 5.75. The van der Waals surface area contributed by atoms with Crippen molar-refractivity contribution in [1.82, 2.24) is 0 Å². The zero-order valence-electron chi connectivity index (χ0n) is 18.3. The lowest BCUT2D eigenvalue weighted by molar-refractivity contribution is -0.116. The summed E-state index contributed by atoms with van der Waals surface area (Å²) >= 11 is 0. The van der Waals surface area contributed by atoms with E-state index in [2.05, 4.69) is 10.6 Å². The van der Waals surface area contributed by atoms with Crippen LogP contribution in [0.2, 0.25) is 0 Å². The van der Waals surface area contributed by atoms with E-state index in [4.69, 9.17) is 10.5 Å². The summed E-state index contributed by atoms with van der Waals surface area (Å²) in [6.45, 7) is 5.64. The first-order valence-electron chi connectivity index (χ1n) is 10.5. The molecular weight excluding hydrogens is 402 g/mol. The smallest absolute Gasteiger partial charge is 0.256 e. The number of ether oxygens (including phenoxy) is 1. The van der Waals surface area contributed by atoms with E-state index < -0.39 is 0 Å². The van der Waals surface area contributed by atoms with Crippen molar-refractivity contribution in [2.24, 2.45) is 0 Å². The molecule has 32 heavy (non-hydrogen) atoms. The molecule has 0 unspecified atom stereocenters. The Balaban J connectivity index is 1.57. The van der Waals surface area contributed by atoms with Crippen LogP contribution in [0.4, 0.5) is 17.1 Å². The van der Waals surface area contributed by atoms with Gasteiger partial charge in [0, 0.05) is 28.9 Å². The van der Waals surface area contributed by atoms with Gasteiger partial charge in [-0.1, -0.05) is 37.3 Å². The van der Waals surface area contributed by atoms with Crippen LogP contribution in [-0.4, -0.2) is 11.8 Å². The van der Waals surface area contributed by atoms with Crippen molar-refractivity contribution in [3.05, 3.63) is 76.9 Å². The first kappa shape index (κ1) is 21.2. The van der Waals surface area contributed by atoms with E-state index in [1.165, 1.54) is 0 Å². The topological polar surface area (TPSA) is 93.5 Å². The van der Waals surface area contributed by atoms with Crippen LogP contribution in [0.3, 0.4) is 0 Å². The van der Waals surface area contributed by atoms with Crippen LogP contribution in [0.5, 0.6) is 11.5 Å². The van der Waals surface area contributed by atoms with Crippen molar-refractivity contribution >= 4 is 40.5 Å². The van der Waals surface area contributed by atoms with E-state index in [1.54, 1.807) is 13.0 Å². The Bertz CT molecular complexity index is 1240. The predicted molar refractivity (Wildman–Crippen MR) is 129 cm³/mol. The zero-order chi connectivity index (χ0) is 22.8. The Morgan fingerprint density at radius 3 is 2.53 bits per heavy atom. The van der Waals surface area contributed by atoms with Gasteiger partial charge in [-0.2, -0.15) is 0 Å². The van der Waals surface area contributed by atoms with Crippen molar-refractivity contribution in [2.45, 2.75) is 27.2 Å². The third-order valence-corrected chi connectivity index (χ3v) is 5.59. The highest BCUT2D eigenvalue weighted by molar-refractivity contribution is 6.34. The van der Waals surface area contributed by atoms with Gasteiger partial charge in [-0.25, -0.2) is 0 Å². The van der Waals surface area contributed by atoms with Gasteiger partial charge in [0.25, 0.3) is 5.91 Å². The summed E-state index contributed by atoms with van der Waals surface area (Å²) in [4.78, 5) is 24.1. The zero-order valence-corrected chi connectivity index (χ0v) is 18.3. The van der Waals surface area contributed by atoms with Crippen LogP contribution in [0, 0.1) is 13.8 Å². The minimum absolute atomic E-state index is 0.0659. The van der Waals surface area contributed by atoms with Crippen molar-refractivity contribution in [1.29, 1.82) is 0 Å². The Morgan fingerprint density at radius 1 is 1.09 bits per heavy atom. The fourth-order valence-electron chi connectivity index (χ4n) is 3.62. The van der Waals surface area contributed by atoms with Gasteiger partial charge in [0.05, 0.1) is 5.69 Å². The molecule has 0 saturated heterocycles. The van der Waals surface area contributed by atoms with Crippen molar-refractivity contribution in [3.8, 4) is 11.5 Å². The summed E-state index contributed by atoms with van der Waals surface area (Å²) in [5.74, 6) is 1.01. The molecule has 1 heterocycles. The normalized spacial score (nSPS) is 13.6. The van der Waals surface area contributed by atoms with Crippen molar-refractivity contribution in [2.75, 3.05) is 16.4 Å². The number of fused-ring (bicyclic) bond motifs is 1. The fourth-order valence-corrected chi connectivity index (χ4v) is 3.62. The summed E-state index contributed by atoms with van der Waals surface area (Å²) in [6.07, 6.45) is 2.26. The van der Waals surface area contributed by atoms with Crippen LogP contribution in [-0.2, 0) is 9.59 Å². The molecule has 0 bridgehead atoms. The molecule has 6 nitrogen and oxygen atoms in total. The van der Waals surface area contributed by atoms with Crippen molar-refractivity contribution in [3.63, 3.8) is 0 Å². The molecular formula is C26H25N3O3. The molecule has 3 aromatic carbocycles. The number of anilines is 3. The monoisotopic (exact) mass is 427 g/mol. The molecule has 0 spiro atoms. The van der Waals surface area contributed by atoms with Crippen LogP contribution >= 0.6 is 0 Å². The van der Waals surface area contributed by atoms with Gasteiger partial charge >= 0.3 is 0 Å². The average Bonchev–Trinajstić information content (AvgIpc) is 3.11. The maximum atomic E-state index is 12.3. The van der Waals surface area contributed by atoms with Crippen LogP contribution < -0.4 is 21.1 Å². The summed E-state index contributed by atoms with van der Waals surface area (Å²) in [7, 11) is 0. The molecule has 6 heteroatoms. The first-order valence-corrected chi connectivity index (χ1v) is 10.5. The number of nitrogens with one attached hydrogen (secondary N) is 2. The second kappa shape index (κ2) is 8.59. The van der Waals surface area contributed by atoms with E-state index in [1.807, 2.05) is 68.5 Å². The molecule has 4 N–H and O–H groups in total. The summed E-state index contributed by atoms with van der Waals surface area (Å²) < 4.78 is 6.07. The van der Waals surface area contributed by atoms with Gasteiger partial charge < -0.3 is 21.1 Å². The minimum atomic E-state index is -0.111. The van der Waals surface area contributed by atoms with Gasteiger partial charge in [0.1, 0.15) is 5.75 Å². The lowest BCUT2D eigenvalue weighted by Gasteiger charge is -2.17. The number of rotatable bonds is 5. The molecule has 4 rings (SSSR count). The fraction of sp³-hybridized carbons (Fsp3) is 0.154. The van der Waals surface area contributed by atoms with E-state index in [0.29, 0.717) is 34.9 Å². The van der Waals surface area contributed by atoms with E-state index >= 15 is 0 Å². The Morgan fingerprint density at radius 2 is 1.81 bits per heavy atom. The summed E-state index contributed by atoms with van der Waals surface area (Å²) in [6, 6.07) is 16.8. The highest BCUT2D eigenvalue weighted by Crippen LogP contribution is 2.37. The van der Waals surface area contributed by atoms with Crippen LogP contribution in [0.1, 0.15) is 35.6 Å². The number of carbonyl (C=O) groups excluding carboxylic acids is 2. The second-order valence-electron chi connectivity index (χ2n) is 7.72. The summed E-state index contributed by atoms with van der Waals surface area (Å²) in [5.41, 5.74) is 12.4. The minimum Gasteiger partial charge on any atom is -0.455 e. The Labute approximate surface area is 187 Å². The van der Waals surface area contributed by atoms with E-state index in [0.717, 1.165) is 27.9 Å². The van der Waals surface area contributed by atoms with Gasteiger partial charge in [0.2, 0.25) is 5.91 Å². The maximum absolute atomic E-state index is 12.3. The molecule has 162 valence electrons. The number of nitrogens with two attached hydrogens (primary N) is 1. The Kier molecular flexibility index (Phi) is 5.69. The maximum Gasteiger partial charge on any atom is 0.256 e. The predicted octanol–water partition coefficient (Wildman–Crippen LogP) is 5.52. The third kappa shape index (κ3) is 4.07. The highest BCUT2D eigenvalue weighted by atomic mass is 16.5. The van der Waals surface area contributed by atoms with E-state index in [-0.39, 0.29) is 11.8 Å². The molecule has 0 atom stereocenters. The third-order valence-electron chi connectivity index (χ3n) is 5.59. The molecule has 2 amide bonds. The second-order valence-corrected chi connectivity index (χ2v) is 7.72. The quantitative estimate of drug-likeness (QED) is 0.369. The number of nitrogen functional groups attached to an aromatic ring is 1. The lowest BCUT2D eigenvalue weighted by atomic mass is 10.0. The molecule has 0 radical (unpaired) electrons. The highest BCUT2D eigenvalue weighted by Gasteiger charge is 2.23. The van der Waals surface area contributed by atoms with Gasteiger partial charge in [-0.05, 0) is 60.9 Å². The first-order chi connectivity index (χ1) is 15.4. The molecule has 0 aromatic heterocycles. The number of carbonyl (C=O) groups is 2. The van der Waals surface area contributed by atoms with Crippen LogP contribution in [0.15, 0.2) is 54.6 Å². The number of benzene rings is 3.